The summed E-state index contributed by atoms with van der Waals surface area (Å²) in [6.07, 6.45) is 8.66. The molecule has 3 aliphatic rings. The summed E-state index contributed by atoms with van der Waals surface area (Å²) in [5, 5.41) is 16.1. The molecule has 2 aliphatic heterocycles. The molecule has 0 spiro atoms. The Morgan fingerprint density at radius 2 is 1.53 bits per heavy atom. The number of amides is 6. The number of ether oxygens (including phenoxy) is 4. The van der Waals surface area contributed by atoms with Crippen LogP contribution in [-0.4, -0.2) is 172 Å². The summed E-state index contributed by atoms with van der Waals surface area (Å²) in [5.74, 6) is 0.368. The Balaban J connectivity index is 0.000000258. The number of sulfonamides is 1. The molecule has 5 aromatic rings. The third kappa shape index (κ3) is 23.1. The van der Waals surface area contributed by atoms with Crippen LogP contribution in [0.3, 0.4) is 0 Å². The molecule has 4 unspecified atom stereocenters. The first-order chi connectivity index (χ1) is 43.7. The summed E-state index contributed by atoms with van der Waals surface area (Å²) in [6, 6.07) is 11.7. The van der Waals surface area contributed by atoms with E-state index in [1.54, 1.807) is 16.5 Å². The number of carboxylic acid groups (broad SMARTS) is 1. The SMILES string of the molecule is C#CC(C)Oc1cc(N2C(=O)C3=C(CCCC3)C2=O)c(F)cc1Cl.CC1COc2ccccc2N1C(=O)C(Cl)Cl.CCNc1nc(Cl)nc(NC(C)C)n1.COc1cc(OC)nc(NC(=O)NS(=O)(=O)c2ncccc2C(=O)N(C)C)n1.CP(=O)(O)CCC(N)C(=O)O. The molecule has 3 aromatic heterocycles. The van der Waals surface area contributed by atoms with E-state index in [9.17, 15) is 46.1 Å². The molecule has 6 amide bonds. The lowest BCUT2D eigenvalue weighted by molar-refractivity contribution is -0.138. The fourth-order valence-electron chi connectivity index (χ4n) is 8.09. The largest absolute Gasteiger partial charge is 0.489 e. The van der Waals surface area contributed by atoms with Gasteiger partial charge in [0.25, 0.3) is 33.7 Å². The number of carbonyl (C=O) groups is 6. The fraction of sp³-hybridized carbons (Fsp3) is 0.404. The van der Waals surface area contributed by atoms with Gasteiger partial charge in [-0.25, -0.2) is 23.8 Å². The topological polar surface area (TPSA) is 392 Å². The van der Waals surface area contributed by atoms with Crippen molar-refractivity contribution in [1.82, 2.24) is 39.5 Å². The van der Waals surface area contributed by atoms with E-state index in [1.807, 2.05) is 52.0 Å². The number of para-hydroxylation sites is 2. The number of halogens is 5. The first-order valence-corrected chi connectivity index (χ1v) is 33.3. The molecule has 4 atom stereocenters. The van der Waals surface area contributed by atoms with Crippen LogP contribution in [0.1, 0.15) is 77.1 Å². The number of aromatic nitrogens is 6. The van der Waals surface area contributed by atoms with Gasteiger partial charge < -0.3 is 55.1 Å². The van der Waals surface area contributed by atoms with E-state index >= 15 is 0 Å². The van der Waals surface area contributed by atoms with Crippen LogP contribution in [0.2, 0.25) is 10.3 Å². The molecular weight excluding hydrogens is 1340 g/mol. The van der Waals surface area contributed by atoms with E-state index in [-0.39, 0.29) is 75.6 Å². The van der Waals surface area contributed by atoms with Crippen LogP contribution < -0.4 is 55.2 Å². The quantitative estimate of drug-likeness (QED) is 0.0190. The van der Waals surface area contributed by atoms with Crippen molar-refractivity contribution in [2.45, 2.75) is 101 Å². The van der Waals surface area contributed by atoms with Crippen LogP contribution >= 0.6 is 53.8 Å². The maximum atomic E-state index is 14.4. The summed E-state index contributed by atoms with van der Waals surface area (Å²) in [4.78, 5) is 106. The lowest BCUT2D eigenvalue weighted by Gasteiger charge is -2.35. The van der Waals surface area contributed by atoms with Gasteiger partial charge in [-0.2, -0.15) is 33.3 Å². The number of carboxylic acids is 1. The number of benzene rings is 2. The average molecular weight is 1420 g/mol. The number of fused-ring (bicyclic) bond motifs is 1. The molecule has 504 valence electrons. The normalized spacial score (nSPS) is 15.1. The predicted octanol–water partition coefficient (Wildman–Crippen LogP) is 7.79. The van der Waals surface area contributed by atoms with Crippen molar-refractivity contribution >= 4 is 129 Å². The number of nitrogens with two attached hydrogens (primary N) is 1. The van der Waals surface area contributed by atoms with Crippen molar-refractivity contribution in [3.8, 4) is 35.6 Å². The van der Waals surface area contributed by atoms with Crippen molar-refractivity contribution in [2.75, 3.05) is 80.0 Å². The number of anilines is 5. The first kappa shape index (κ1) is 77.2. The summed E-state index contributed by atoms with van der Waals surface area (Å²) >= 11 is 23.0. The molecule has 1 aliphatic carbocycles. The minimum absolute atomic E-state index is 0.0233. The Bertz CT molecular complexity index is 3700. The Kier molecular flexibility index (Phi) is 29.7. The number of aliphatic carboxylic acids is 1. The fourth-order valence-corrected chi connectivity index (χ4v) is 10.5. The van der Waals surface area contributed by atoms with Gasteiger partial charge in [-0.05, 0) is 109 Å². The Hall–Kier alpha value is -8.21. The van der Waals surface area contributed by atoms with E-state index in [4.69, 9.17) is 87.5 Å². The number of methoxy groups -OCH3 is 2. The standard InChI is InChI=1S/C18H15ClFNO3.C15H18N6O6S.C11H11Cl2NO2.C8H14ClN5.C5H12NO4P/c1-3-10(2)24-16-9-15(14(20)8-13(16)19)21-17(22)11-6-4-5-7-12(11)18(21)23;1-21(2)13(22)9-6-5-7-16-12(9)28(24,25)20-15(23)19-14-17-10(26-3)8-11(18-14)27-4;1-7-6-16-9-5-3-2-4-8(9)14(7)11(15)10(12)13;1-4-10-7-12-6(9)13-8(14-7)11-5(2)3;1-11(9,10)3-2-4(6)5(7)8/h1,8-10H,4-7H2,2H3;5-8H,1-4H3,(H2,17,18,19,20,23);2-5,7,10H,6H2,1H3;5H,4H2,1-3H3,(H2,10,11,12,13,14);4H,2-3,6H2,1H3,(H,7,8)(H,9,10). The lowest BCUT2D eigenvalue weighted by atomic mass is 9.93. The third-order valence-corrected chi connectivity index (χ3v) is 15.6. The molecule has 8 rings (SSSR count). The van der Waals surface area contributed by atoms with Gasteiger partial charge in [0, 0.05) is 62.9 Å². The zero-order valence-corrected chi connectivity index (χ0v) is 56.7. The number of rotatable bonds is 18. The zero-order valence-electron chi connectivity index (χ0n) is 51.9. The first-order valence-electron chi connectivity index (χ1n) is 27.9. The molecule has 8 N–H and O–H groups in total. The second kappa shape index (κ2) is 35.7. The monoisotopic (exact) mass is 1410 g/mol. The maximum Gasteiger partial charge on any atom is 0.335 e. The number of alkyl halides is 2. The summed E-state index contributed by atoms with van der Waals surface area (Å²) in [6.45, 7) is 11.9. The smallest absolute Gasteiger partial charge is 0.335 e. The number of nitrogens with zero attached hydrogens (tertiary/aromatic N) is 9. The van der Waals surface area contributed by atoms with Crippen molar-refractivity contribution in [3.63, 3.8) is 0 Å². The number of hydrogen-bond donors (Lipinski definition) is 7. The van der Waals surface area contributed by atoms with Gasteiger partial charge in [-0.1, -0.05) is 52.9 Å². The molecule has 29 nitrogen and oxygen atoms in total. The number of hydrogen-bond acceptors (Lipinski definition) is 22. The summed E-state index contributed by atoms with van der Waals surface area (Å²) < 4.78 is 72.7. The molecule has 93 heavy (non-hydrogen) atoms. The number of nitrogens with one attached hydrogen (secondary N) is 4. The van der Waals surface area contributed by atoms with E-state index in [1.165, 1.54) is 70.3 Å². The van der Waals surface area contributed by atoms with Gasteiger partial charge in [0.05, 0.1) is 48.3 Å². The van der Waals surface area contributed by atoms with E-state index < -0.39 is 74.9 Å². The van der Waals surface area contributed by atoms with Crippen molar-refractivity contribution < 1.29 is 75.1 Å². The average Bonchev–Trinajstić information content (AvgIpc) is 1.66. The van der Waals surface area contributed by atoms with Gasteiger partial charge in [0.1, 0.15) is 30.0 Å². The van der Waals surface area contributed by atoms with Gasteiger partial charge in [0.15, 0.2) is 23.3 Å². The van der Waals surface area contributed by atoms with Gasteiger partial charge in [-0.3, -0.25) is 33.9 Å². The van der Waals surface area contributed by atoms with Gasteiger partial charge in [0.2, 0.25) is 34.9 Å². The number of imide groups is 1. The third-order valence-electron chi connectivity index (χ3n) is 12.4. The Morgan fingerprint density at radius 1 is 0.925 bits per heavy atom. The van der Waals surface area contributed by atoms with E-state index in [2.05, 4.69) is 51.8 Å². The highest BCUT2D eigenvalue weighted by Gasteiger charge is 2.41. The molecule has 0 saturated carbocycles. The molecule has 0 bridgehead atoms. The van der Waals surface area contributed by atoms with Gasteiger partial charge in [-0.15, -0.1) is 6.42 Å². The predicted molar refractivity (Wildman–Crippen MR) is 348 cm³/mol. The molecule has 0 saturated heterocycles. The van der Waals surface area contributed by atoms with Gasteiger partial charge >= 0.3 is 12.0 Å². The Labute approximate surface area is 556 Å². The maximum absolute atomic E-state index is 14.4. The highest BCUT2D eigenvalue weighted by molar-refractivity contribution is 7.90. The summed E-state index contributed by atoms with van der Waals surface area (Å²) in [7, 11) is -1.95. The van der Waals surface area contributed by atoms with Crippen molar-refractivity contribution in [1.29, 1.82) is 0 Å². The van der Waals surface area contributed by atoms with Crippen LogP contribution in [0.5, 0.6) is 23.3 Å². The second-order valence-corrected chi connectivity index (χ2v) is 26.4. The van der Waals surface area contributed by atoms with E-state index in [0.717, 1.165) is 36.0 Å². The van der Waals surface area contributed by atoms with Crippen molar-refractivity contribution in [2.24, 2.45) is 5.73 Å². The van der Waals surface area contributed by atoms with Crippen LogP contribution in [0.4, 0.5) is 38.4 Å². The molecule has 5 heterocycles. The lowest BCUT2D eigenvalue weighted by Crippen LogP contribution is -2.47. The van der Waals surface area contributed by atoms with Crippen LogP contribution in [0.15, 0.2) is 77.0 Å². The molecular formula is C57H70Cl4FN14O15PS. The van der Waals surface area contributed by atoms with Crippen LogP contribution in [-0.2, 0) is 33.8 Å². The number of carbonyl (C=O) groups excluding carboxylic acids is 5. The van der Waals surface area contributed by atoms with E-state index in [0.29, 0.717) is 48.2 Å². The Morgan fingerprint density at radius 3 is 2.06 bits per heavy atom. The highest BCUT2D eigenvalue weighted by Crippen LogP contribution is 2.40. The number of urea groups is 1. The minimum Gasteiger partial charge on any atom is -0.489 e. The molecule has 36 heteroatoms. The summed E-state index contributed by atoms with van der Waals surface area (Å²) in [5.41, 5.74) is 6.43. The van der Waals surface area contributed by atoms with Crippen LogP contribution in [0.25, 0.3) is 0 Å². The molecule has 0 fully saturated rings. The van der Waals surface area contributed by atoms with Crippen molar-refractivity contribution in [3.05, 3.63) is 93.6 Å². The molecule has 0 radical (unpaired) electrons. The molecule has 2 aromatic carbocycles. The number of pyridine rings is 1. The zero-order chi connectivity index (χ0) is 69.7. The van der Waals surface area contributed by atoms with Crippen LogP contribution in [0, 0.1) is 18.2 Å². The number of terminal acetylenes is 1. The minimum atomic E-state index is -4.46. The second-order valence-electron chi connectivity index (χ2n) is 20.4. The highest BCUT2D eigenvalue weighted by atomic mass is 35.5.